The molecule has 0 spiro atoms. The highest BCUT2D eigenvalue weighted by molar-refractivity contribution is 7.91. The Morgan fingerprint density at radius 2 is 2.09 bits per heavy atom. The third-order valence-electron chi connectivity index (χ3n) is 3.17. The predicted octanol–water partition coefficient (Wildman–Crippen LogP) is 1.41. The molecule has 0 aliphatic heterocycles. The van der Waals surface area contributed by atoms with Gasteiger partial charge < -0.3 is 4.90 Å². The Bertz CT molecular complexity index is 800. The number of carbonyl (C=O) groups is 1. The maximum Gasteiger partial charge on any atom is 0.252 e. The van der Waals surface area contributed by atoms with Crippen molar-refractivity contribution in [3.05, 3.63) is 34.4 Å². The van der Waals surface area contributed by atoms with E-state index in [1.54, 1.807) is 31.2 Å². The van der Waals surface area contributed by atoms with Crippen LogP contribution in [0.4, 0.5) is 0 Å². The van der Waals surface area contributed by atoms with Crippen LogP contribution in [0.15, 0.2) is 28.7 Å². The first kappa shape index (κ1) is 17.9. The van der Waals surface area contributed by atoms with Gasteiger partial charge in [0.25, 0.3) is 10.0 Å². The first-order valence-electron chi connectivity index (χ1n) is 6.63. The van der Waals surface area contributed by atoms with E-state index in [-0.39, 0.29) is 16.7 Å². The summed E-state index contributed by atoms with van der Waals surface area (Å²) in [4.78, 5) is 13.7. The highest BCUT2D eigenvalue weighted by Crippen LogP contribution is 2.27. The van der Waals surface area contributed by atoms with Crippen molar-refractivity contribution in [2.24, 2.45) is 7.05 Å². The van der Waals surface area contributed by atoms with E-state index in [1.165, 1.54) is 24.1 Å². The van der Waals surface area contributed by atoms with Gasteiger partial charge in [-0.3, -0.25) is 9.48 Å². The lowest BCUT2D eigenvalue weighted by Gasteiger charge is -2.21. The Balaban J connectivity index is 2.01. The molecule has 2 rings (SSSR count). The molecule has 23 heavy (non-hydrogen) atoms. The van der Waals surface area contributed by atoms with Crippen molar-refractivity contribution in [2.75, 3.05) is 20.6 Å². The molecule has 0 bridgehead atoms. The molecule has 10 heteroatoms. The normalized spacial score (nSPS) is 11.9. The van der Waals surface area contributed by atoms with Crippen molar-refractivity contribution in [3.63, 3.8) is 0 Å². The molecule has 0 N–H and O–H groups in total. The third-order valence-corrected chi connectivity index (χ3v) is 6.68. The van der Waals surface area contributed by atoms with E-state index >= 15 is 0 Å². The molecule has 1 amide bonds. The number of hydrogen-bond acceptors (Lipinski definition) is 5. The van der Waals surface area contributed by atoms with Crippen LogP contribution in [-0.2, 0) is 28.4 Å². The first-order chi connectivity index (χ1) is 10.7. The highest BCUT2D eigenvalue weighted by Gasteiger charge is 2.25. The molecule has 0 atom stereocenters. The SMILES string of the molecule is CN(Cc1cnn(C)c1)C(=O)CN(C)S(=O)(=O)c1ccc(Cl)s1. The number of sulfonamides is 1. The maximum absolute atomic E-state index is 12.4. The standard InChI is InChI=1S/C13H17ClN4O3S2/c1-16(7-10-6-15-17(2)8-10)12(19)9-18(3)23(20,21)13-5-4-11(14)22-13/h4-6,8H,7,9H2,1-3H3. The van der Waals surface area contributed by atoms with E-state index in [1.807, 2.05) is 0 Å². The fourth-order valence-corrected chi connectivity index (χ4v) is 4.72. The highest BCUT2D eigenvalue weighted by atomic mass is 35.5. The van der Waals surface area contributed by atoms with Crippen molar-refractivity contribution in [1.82, 2.24) is 19.0 Å². The number of aromatic nitrogens is 2. The Morgan fingerprint density at radius 3 is 2.61 bits per heavy atom. The van der Waals surface area contributed by atoms with Gasteiger partial charge in [0.1, 0.15) is 4.21 Å². The van der Waals surface area contributed by atoms with E-state index in [0.29, 0.717) is 10.9 Å². The average Bonchev–Trinajstić information content (AvgIpc) is 3.07. The van der Waals surface area contributed by atoms with E-state index in [0.717, 1.165) is 21.2 Å². The summed E-state index contributed by atoms with van der Waals surface area (Å²) in [5.41, 5.74) is 0.874. The minimum Gasteiger partial charge on any atom is -0.340 e. The van der Waals surface area contributed by atoms with Crippen LogP contribution in [0.25, 0.3) is 0 Å². The summed E-state index contributed by atoms with van der Waals surface area (Å²) >= 11 is 6.74. The fourth-order valence-electron chi connectivity index (χ4n) is 1.90. The van der Waals surface area contributed by atoms with Crippen LogP contribution in [0.1, 0.15) is 5.56 Å². The summed E-state index contributed by atoms with van der Waals surface area (Å²) in [5, 5.41) is 4.03. The molecule has 2 aromatic rings. The van der Waals surface area contributed by atoms with Crippen molar-refractivity contribution < 1.29 is 13.2 Å². The molecule has 0 saturated heterocycles. The van der Waals surface area contributed by atoms with Crippen LogP contribution in [0.2, 0.25) is 4.34 Å². The lowest BCUT2D eigenvalue weighted by Crippen LogP contribution is -2.38. The van der Waals surface area contributed by atoms with E-state index < -0.39 is 10.0 Å². The van der Waals surface area contributed by atoms with Crippen LogP contribution in [0, 0.1) is 0 Å². The number of hydrogen-bond donors (Lipinski definition) is 0. The van der Waals surface area contributed by atoms with Gasteiger partial charge in [0.05, 0.1) is 17.1 Å². The number of thiophene rings is 1. The quantitative estimate of drug-likeness (QED) is 0.764. The second kappa shape index (κ2) is 7.00. The zero-order chi connectivity index (χ0) is 17.2. The molecule has 0 aliphatic carbocycles. The second-order valence-electron chi connectivity index (χ2n) is 5.09. The topological polar surface area (TPSA) is 75.5 Å². The lowest BCUT2D eigenvalue weighted by molar-refractivity contribution is -0.130. The number of aryl methyl sites for hydroxylation is 1. The molecular formula is C13H17ClN4O3S2. The largest absolute Gasteiger partial charge is 0.340 e. The van der Waals surface area contributed by atoms with Gasteiger partial charge >= 0.3 is 0 Å². The zero-order valence-electron chi connectivity index (χ0n) is 12.9. The smallest absolute Gasteiger partial charge is 0.252 e. The maximum atomic E-state index is 12.4. The Kier molecular flexibility index (Phi) is 5.45. The van der Waals surface area contributed by atoms with Crippen LogP contribution in [-0.4, -0.2) is 54.0 Å². The van der Waals surface area contributed by atoms with Gasteiger partial charge in [-0.05, 0) is 12.1 Å². The molecule has 0 aliphatic rings. The third kappa shape index (κ3) is 4.31. The monoisotopic (exact) mass is 376 g/mol. The minimum absolute atomic E-state index is 0.118. The van der Waals surface area contributed by atoms with Crippen LogP contribution >= 0.6 is 22.9 Å². The van der Waals surface area contributed by atoms with Gasteiger partial charge in [0.2, 0.25) is 5.91 Å². The lowest BCUT2D eigenvalue weighted by atomic mass is 10.3. The molecule has 0 aromatic carbocycles. The second-order valence-corrected chi connectivity index (χ2v) is 9.08. The molecule has 2 heterocycles. The summed E-state index contributed by atoms with van der Waals surface area (Å²) in [6, 6.07) is 2.95. The Morgan fingerprint density at radius 1 is 1.39 bits per heavy atom. The van der Waals surface area contributed by atoms with E-state index in [4.69, 9.17) is 11.6 Å². The summed E-state index contributed by atoms with van der Waals surface area (Å²) < 4.78 is 27.9. The first-order valence-corrected chi connectivity index (χ1v) is 9.27. The van der Waals surface area contributed by atoms with Crippen molar-refractivity contribution in [2.45, 2.75) is 10.8 Å². The van der Waals surface area contributed by atoms with Gasteiger partial charge in [-0.15, -0.1) is 11.3 Å². The molecule has 2 aromatic heterocycles. The van der Waals surface area contributed by atoms with Crippen molar-refractivity contribution in [1.29, 1.82) is 0 Å². The average molecular weight is 377 g/mol. The van der Waals surface area contributed by atoms with Gasteiger partial charge in [-0.1, -0.05) is 11.6 Å². The number of amides is 1. The molecular weight excluding hydrogens is 360 g/mol. The van der Waals surface area contributed by atoms with Crippen LogP contribution < -0.4 is 0 Å². The van der Waals surface area contributed by atoms with Crippen LogP contribution in [0.5, 0.6) is 0 Å². The molecule has 7 nitrogen and oxygen atoms in total. The van der Waals surface area contributed by atoms with Gasteiger partial charge in [-0.2, -0.15) is 9.40 Å². The summed E-state index contributed by atoms with van der Waals surface area (Å²) in [5.74, 6) is -0.303. The predicted molar refractivity (Wildman–Crippen MR) is 88.8 cm³/mol. The fraction of sp³-hybridized carbons (Fsp3) is 0.385. The summed E-state index contributed by atoms with van der Waals surface area (Å²) in [7, 11) is 1.07. The van der Waals surface area contributed by atoms with E-state index in [9.17, 15) is 13.2 Å². The molecule has 0 unspecified atom stereocenters. The van der Waals surface area contributed by atoms with E-state index in [2.05, 4.69) is 5.10 Å². The number of carbonyl (C=O) groups excluding carboxylic acids is 1. The summed E-state index contributed by atoms with van der Waals surface area (Å²) in [6.07, 6.45) is 3.47. The zero-order valence-corrected chi connectivity index (χ0v) is 15.3. The summed E-state index contributed by atoms with van der Waals surface area (Å²) in [6.45, 7) is 0.125. The van der Waals surface area contributed by atoms with Gasteiger partial charge in [0, 0.05) is 39.4 Å². The minimum atomic E-state index is -3.71. The van der Waals surface area contributed by atoms with Crippen LogP contribution in [0.3, 0.4) is 0 Å². The van der Waals surface area contributed by atoms with Gasteiger partial charge in [0.15, 0.2) is 0 Å². The Labute approximate surface area is 144 Å². The Hall–Kier alpha value is -1.42. The number of nitrogens with zero attached hydrogens (tertiary/aromatic N) is 4. The number of halogens is 1. The number of likely N-dealkylation sites (N-methyl/N-ethyl adjacent to an activating group) is 2. The van der Waals surface area contributed by atoms with Gasteiger partial charge in [-0.25, -0.2) is 8.42 Å². The molecule has 126 valence electrons. The number of rotatable bonds is 6. The molecule has 0 radical (unpaired) electrons. The molecule has 0 saturated carbocycles. The van der Waals surface area contributed by atoms with Crippen molar-refractivity contribution in [3.8, 4) is 0 Å². The molecule has 0 fully saturated rings. The van der Waals surface area contributed by atoms with Crippen molar-refractivity contribution >= 4 is 38.9 Å².